The quantitative estimate of drug-likeness (QED) is 0.759. The molecule has 1 aromatic heterocycles. The number of hydrogen-bond donors (Lipinski definition) is 0. The minimum Gasteiger partial charge on any atom is -0.217 e. The van der Waals surface area contributed by atoms with Crippen LogP contribution in [-0.4, -0.2) is 14.8 Å². The minimum absolute atomic E-state index is 0.0243. The van der Waals surface area contributed by atoms with Crippen molar-refractivity contribution < 1.29 is 13.2 Å². The van der Waals surface area contributed by atoms with Crippen LogP contribution >= 0.6 is 15.9 Å². The second-order valence-corrected chi connectivity index (χ2v) is 5.11. The van der Waals surface area contributed by atoms with Crippen molar-refractivity contribution in [3.63, 3.8) is 0 Å². The number of halogens is 4. The van der Waals surface area contributed by atoms with E-state index in [1.165, 1.54) is 10.7 Å². The van der Waals surface area contributed by atoms with Crippen LogP contribution in [0.3, 0.4) is 0 Å². The van der Waals surface area contributed by atoms with E-state index < -0.39 is 11.7 Å². The van der Waals surface area contributed by atoms with Gasteiger partial charge in [-0.05, 0) is 17.7 Å². The van der Waals surface area contributed by atoms with Gasteiger partial charge in [-0.1, -0.05) is 35.8 Å². The predicted molar refractivity (Wildman–Crippen MR) is 77.7 cm³/mol. The Bertz CT molecular complexity index is 635. The highest BCUT2D eigenvalue weighted by Gasteiger charge is 2.35. The average molecular weight is 362 g/mol. The van der Waals surface area contributed by atoms with Crippen molar-refractivity contribution in [3.8, 4) is 5.69 Å². The molecule has 0 radical (unpaired) electrons. The van der Waals surface area contributed by atoms with Crippen molar-refractivity contribution in [2.45, 2.75) is 38.2 Å². The molecule has 0 atom stereocenters. The Morgan fingerprint density at radius 2 is 1.90 bits per heavy atom. The van der Waals surface area contributed by atoms with Crippen LogP contribution in [0.2, 0.25) is 0 Å². The van der Waals surface area contributed by atoms with Gasteiger partial charge in [-0.15, -0.1) is 0 Å². The molecule has 2 aromatic rings. The van der Waals surface area contributed by atoms with Gasteiger partial charge in [-0.2, -0.15) is 18.3 Å². The molecule has 0 amide bonds. The van der Waals surface area contributed by atoms with E-state index in [2.05, 4.69) is 26.0 Å². The van der Waals surface area contributed by atoms with Crippen LogP contribution in [0.25, 0.3) is 5.69 Å². The monoisotopic (exact) mass is 361 g/mol. The lowest BCUT2D eigenvalue weighted by Crippen LogP contribution is -2.13. The highest BCUT2D eigenvalue weighted by atomic mass is 79.9. The van der Waals surface area contributed by atoms with Crippen LogP contribution < -0.4 is 0 Å². The van der Waals surface area contributed by atoms with E-state index >= 15 is 0 Å². The Morgan fingerprint density at radius 1 is 1.19 bits per heavy atom. The molecule has 0 aliphatic carbocycles. The molecule has 0 spiro atoms. The molecule has 0 unspecified atom stereocenters. The zero-order chi connectivity index (χ0) is 15.6. The van der Waals surface area contributed by atoms with Crippen LogP contribution in [0.5, 0.6) is 0 Å². The summed E-state index contributed by atoms with van der Waals surface area (Å²) in [5, 5.41) is 4.56. The molecule has 2 rings (SSSR count). The molecule has 0 fully saturated rings. The van der Waals surface area contributed by atoms with Crippen LogP contribution in [0.1, 0.15) is 36.6 Å². The fraction of sp³-hybridized carbons (Fsp3) is 0.429. The summed E-state index contributed by atoms with van der Waals surface area (Å²) in [5.74, 6) is 1.08. The van der Waals surface area contributed by atoms with Gasteiger partial charge in [0, 0.05) is 18.2 Å². The van der Waals surface area contributed by atoms with Crippen molar-refractivity contribution in [3.05, 3.63) is 41.0 Å². The fourth-order valence-electron chi connectivity index (χ4n) is 2.04. The number of aryl methyl sites for hydroxylation is 2. The minimum atomic E-state index is -4.43. The molecule has 7 heteroatoms. The number of benzene rings is 1. The van der Waals surface area contributed by atoms with Gasteiger partial charge in [0.25, 0.3) is 0 Å². The van der Waals surface area contributed by atoms with Crippen LogP contribution in [0.4, 0.5) is 13.2 Å². The summed E-state index contributed by atoms with van der Waals surface area (Å²) >= 11 is 3.18. The van der Waals surface area contributed by atoms with E-state index in [1.807, 2.05) is 13.8 Å². The van der Waals surface area contributed by atoms with Crippen LogP contribution in [0, 0.1) is 0 Å². The molecule has 0 bridgehead atoms. The third kappa shape index (κ3) is 3.28. The molecule has 0 N–H and O–H groups in total. The molecule has 1 heterocycles. The molecule has 0 aliphatic heterocycles. The van der Waals surface area contributed by atoms with Gasteiger partial charge in [-0.3, -0.25) is 0 Å². The van der Waals surface area contributed by atoms with Crippen molar-refractivity contribution in [1.29, 1.82) is 0 Å². The Hall–Kier alpha value is -1.37. The molecule has 114 valence electrons. The Kier molecular flexibility index (Phi) is 4.70. The first-order valence-corrected chi connectivity index (χ1v) is 7.74. The van der Waals surface area contributed by atoms with Crippen molar-refractivity contribution in [2.75, 3.05) is 0 Å². The first-order chi connectivity index (χ1) is 9.90. The third-order valence-electron chi connectivity index (χ3n) is 3.10. The Morgan fingerprint density at radius 3 is 2.43 bits per heavy atom. The molecule has 0 saturated carbocycles. The highest BCUT2D eigenvalue weighted by Crippen LogP contribution is 2.35. The van der Waals surface area contributed by atoms with Gasteiger partial charge in [0.2, 0.25) is 0 Å². The Labute approximate surface area is 129 Å². The smallest absolute Gasteiger partial charge is 0.217 e. The lowest BCUT2D eigenvalue weighted by atomic mass is 10.1. The normalized spacial score (nSPS) is 11.9. The maximum atomic E-state index is 13.3. The van der Waals surface area contributed by atoms with E-state index in [-0.39, 0.29) is 5.69 Å². The van der Waals surface area contributed by atoms with Crippen LogP contribution in [0.15, 0.2) is 18.2 Å². The second-order valence-electron chi connectivity index (χ2n) is 4.55. The molecule has 1 aromatic carbocycles. The Balaban J connectivity index is 2.65. The summed E-state index contributed by atoms with van der Waals surface area (Å²) < 4.78 is 41.2. The third-order valence-corrected chi connectivity index (χ3v) is 3.75. The number of nitrogens with zero attached hydrogens (tertiary/aromatic N) is 3. The summed E-state index contributed by atoms with van der Waals surface area (Å²) in [6, 6.07) is 4.26. The summed E-state index contributed by atoms with van der Waals surface area (Å²) in [7, 11) is 0. The van der Waals surface area contributed by atoms with Gasteiger partial charge in [0.1, 0.15) is 5.82 Å². The molecule has 21 heavy (non-hydrogen) atoms. The maximum Gasteiger partial charge on any atom is 0.418 e. The summed E-state index contributed by atoms with van der Waals surface area (Å²) in [6.07, 6.45) is -3.33. The van der Waals surface area contributed by atoms with E-state index in [4.69, 9.17) is 0 Å². The molecule has 0 saturated heterocycles. The molecule has 0 aliphatic rings. The van der Waals surface area contributed by atoms with Gasteiger partial charge < -0.3 is 0 Å². The SMILES string of the molecule is CCc1nc(CC)n(-c2ccc(CBr)cc2C(F)(F)F)n1. The predicted octanol–water partition coefficient (Wildman–Crippen LogP) is 4.31. The summed E-state index contributed by atoms with van der Waals surface area (Å²) in [6.45, 7) is 3.72. The summed E-state index contributed by atoms with van der Waals surface area (Å²) in [5.41, 5.74) is -0.0992. The largest absolute Gasteiger partial charge is 0.418 e. The lowest BCUT2D eigenvalue weighted by Gasteiger charge is -2.15. The van der Waals surface area contributed by atoms with E-state index in [1.54, 1.807) is 6.07 Å². The zero-order valence-corrected chi connectivity index (χ0v) is 13.3. The highest BCUT2D eigenvalue weighted by molar-refractivity contribution is 9.08. The van der Waals surface area contributed by atoms with Crippen molar-refractivity contribution in [2.24, 2.45) is 0 Å². The number of rotatable bonds is 4. The van der Waals surface area contributed by atoms with Gasteiger partial charge in [0.15, 0.2) is 5.82 Å². The summed E-state index contributed by atoms with van der Waals surface area (Å²) in [4.78, 5) is 4.26. The molecular formula is C14H15BrF3N3. The first-order valence-electron chi connectivity index (χ1n) is 6.62. The number of aromatic nitrogens is 3. The standard InChI is InChI=1S/C14H15BrF3N3/c1-3-12-19-13(4-2)21(20-12)11-6-5-9(8-15)7-10(11)14(16,17)18/h5-7H,3-4,8H2,1-2H3. The topological polar surface area (TPSA) is 30.7 Å². The lowest BCUT2D eigenvalue weighted by molar-refractivity contribution is -0.137. The van der Waals surface area contributed by atoms with Crippen molar-refractivity contribution in [1.82, 2.24) is 14.8 Å². The number of hydrogen-bond acceptors (Lipinski definition) is 2. The van der Waals surface area contributed by atoms with Gasteiger partial charge in [0.05, 0.1) is 11.3 Å². The van der Waals surface area contributed by atoms with Gasteiger partial charge >= 0.3 is 6.18 Å². The van der Waals surface area contributed by atoms with Crippen LogP contribution in [-0.2, 0) is 24.3 Å². The second kappa shape index (κ2) is 6.17. The maximum absolute atomic E-state index is 13.3. The van der Waals surface area contributed by atoms with Gasteiger partial charge in [-0.25, -0.2) is 9.67 Å². The molecular weight excluding hydrogens is 347 g/mol. The molecule has 3 nitrogen and oxygen atoms in total. The van der Waals surface area contributed by atoms with E-state index in [0.717, 1.165) is 6.07 Å². The zero-order valence-electron chi connectivity index (χ0n) is 11.7. The van der Waals surface area contributed by atoms with Crippen molar-refractivity contribution >= 4 is 15.9 Å². The number of alkyl halides is 4. The average Bonchev–Trinajstić information content (AvgIpc) is 2.89. The fourth-order valence-corrected chi connectivity index (χ4v) is 2.39. The van der Waals surface area contributed by atoms with E-state index in [9.17, 15) is 13.2 Å². The van der Waals surface area contributed by atoms with E-state index in [0.29, 0.717) is 35.4 Å². The first kappa shape index (κ1) is 16.0.